The Bertz CT molecular complexity index is 1160. The summed E-state index contributed by atoms with van der Waals surface area (Å²) in [6.45, 7) is 3.99. The summed E-state index contributed by atoms with van der Waals surface area (Å²) < 4.78 is 5.76. The zero-order valence-corrected chi connectivity index (χ0v) is 18.5. The number of hydrogen-bond acceptors (Lipinski definition) is 4. The van der Waals surface area contributed by atoms with Crippen molar-refractivity contribution in [3.8, 4) is 5.75 Å². The van der Waals surface area contributed by atoms with Crippen molar-refractivity contribution in [3.63, 3.8) is 0 Å². The maximum Gasteiger partial charge on any atom is 0.335 e. The van der Waals surface area contributed by atoms with Crippen LogP contribution >= 0.6 is 0 Å². The predicted molar refractivity (Wildman–Crippen MR) is 127 cm³/mol. The zero-order valence-electron chi connectivity index (χ0n) is 18.5. The SMILES string of the molecule is CCC(C)c1ccccc1OCC(=O)Nc1ccccc1C(=O)Nc1cccc(C(=O)O)c1. The first kappa shape index (κ1) is 23.5. The number of anilines is 2. The number of nitrogens with one attached hydrogen (secondary N) is 2. The Labute approximate surface area is 192 Å². The zero-order chi connectivity index (χ0) is 23.8. The molecule has 7 heteroatoms. The Morgan fingerprint density at radius 1 is 0.939 bits per heavy atom. The van der Waals surface area contributed by atoms with Gasteiger partial charge in [-0.1, -0.05) is 50.2 Å². The molecule has 0 aliphatic carbocycles. The monoisotopic (exact) mass is 446 g/mol. The largest absolute Gasteiger partial charge is 0.483 e. The van der Waals surface area contributed by atoms with Crippen molar-refractivity contribution in [2.75, 3.05) is 17.2 Å². The van der Waals surface area contributed by atoms with E-state index >= 15 is 0 Å². The number of benzene rings is 3. The number of ether oxygens (including phenoxy) is 1. The van der Waals surface area contributed by atoms with Crippen LogP contribution in [0.15, 0.2) is 72.8 Å². The van der Waals surface area contributed by atoms with E-state index in [-0.39, 0.29) is 17.7 Å². The Balaban J connectivity index is 1.68. The van der Waals surface area contributed by atoms with Crippen LogP contribution in [0.5, 0.6) is 5.75 Å². The molecule has 33 heavy (non-hydrogen) atoms. The molecule has 3 aromatic carbocycles. The number of carboxylic acids is 1. The molecule has 0 aliphatic rings. The van der Waals surface area contributed by atoms with Crippen LogP contribution in [0, 0.1) is 0 Å². The first-order valence-electron chi connectivity index (χ1n) is 10.6. The van der Waals surface area contributed by atoms with Crippen LogP contribution in [-0.2, 0) is 4.79 Å². The van der Waals surface area contributed by atoms with Crippen molar-refractivity contribution in [1.29, 1.82) is 0 Å². The van der Waals surface area contributed by atoms with Crippen LogP contribution in [0.3, 0.4) is 0 Å². The number of para-hydroxylation sites is 2. The average molecular weight is 447 g/mol. The lowest BCUT2D eigenvalue weighted by atomic mass is 9.98. The molecule has 0 aliphatic heterocycles. The van der Waals surface area contributed by atoms with Gasteiger partial charge >= 0.3 is 5.97 Å². The topological polar surface area (TPSA) is 105 Å². The van der Waals surface area contributed by atoms with E-state index in [1.54, 1.807) is 36.4 Å². The van der Waals surface area contributed by atoms with Gasteiger partial charge in [-0.05, 0) is 54.3 Å². The van der Waals surface area contributed by atoms with Crippen LogP contribution in [0.1, 0.15) is 52.5 Å². The number of hydrogen-bond donors (Lipinski definition) is 3. The van der Waals surface area contributed by atoms with E-state index in [1.807, 2.05) is 24.3 Å². The number of amides is 2. The van der Waals surface area contributed by atoms with Gasteiger partial charge < -0.3 is 20.5 Å². The third-order valence-corrected chi connectivity index (χ3v) is 5.23. The van der Waals surface area contributed by atoms with Gasteiger partial charge in [0, 0.05) is 5.69 Å². The fourth-order valence-corrected chi connectivity index (χ4v) is 3.29. The van der Waals surface area contributed by atoms with Crippen LogP contribution in [0.2, 0.25) is 0 Å². The van der Waals surface area contributed by atoms with Crippen molar-refractivity contribution in [2.24, 2.45) is 0 Å². The Morgan fingerprint density at radius 2 is 1.67 bits per heavy atom. The highest BCUT2D eigenvalue weighted by atomic mass is 16.5. The number of carbonyl (C=O) groups excluding carboxylic acids is 2. The minimum Gasteiger partial charge on any atom is -0.483 e. The van der Waals surface area contributed by atoms with E-state index in [1.165, 1.54) is 12.1 Å². The second-order valence-electron chi connectivity index (χ2n) is 7.57. The standard InChI is InChI=1S/C26H26N2O5/c1-3-17(2)20-11-5-7-14-23(20)33-16-24(29)28-22-13-6-4-12-21(22)25(30)27-19-10-8-9-18(15-19)26(31)32/h4-15,17H,3,16H2,1-2H3,(H,27,30)(H,28,29)(H,31,32). The lowest BCUT2D eigenvalue weighted by Gasteiger charge is -2.16. The smallest absolute Gasteiger partial charge is 0.335 e. The number of carbonyl (C=O) groups is 3. The van der Waals surface area contributed by atoms with Crippen molar-refractivity contribution in [2.45, 2.75) is 26.2 Å². The highest BCUT2D eigenvalue weighted by Gasteiger charge is 2.16. The van der Waals surface area contributed by atoms with Gasteiger partial charge in [-0.2, -0.15) is 0 Å². The molecule has 170 valence electrons. The summed E-state index contributed by atoms with van der Waals surface area (Å²) in [7, 11) is 0. The van der Waals surface area contributed by atoms with Crippen molar-refractivity contribution >= 4 is 29.2 Å². The summed E-state index contributed by atoms with van der Waals surface area (Å²) in [5, 5.41) is 14.5. The van der Waals surface area contributed by atoms with Crippen LogP contribution in [0.25, 0.3) is 0 Å². The van der Waals surface area contributed by atoms with Gasteiger partial charge in [-0.25, -0.2) is 4.79 Å². The number of rotatable bonds is 9. The van der Waals surface area contributed by atoms with E-state index in [0.717, 1.165) is 12.0 Å². The molecule has 3 rings (SSSR count). The minimum absolute atomic E-state index is 0.0595. The molecule has 1 unspecified atom stereocenters. The van der Waals surface area contributed by atoms with E-state index in [0.29, 0.717) is 23.0 Å². The van der Waals surface area contributed by atoms with Gasteiger partial charge in [0.1, 0.15) is 5.75 Å². The molecule has 0 fully saturated rings. The summed E-state index contributed by atoms with van der Waals surface area (Å²) >= 11 is 0. The second-order valence-corrected chi connectivity index (χ2v) is 7.57. The van der Waals surface area contributed by atoms with Gasteiger partial charge in [0.25, 0.3) is 11.8 Å². The van der Waals surface area contributed by atoms with Gasteiger partial charge in [0.2, 0.25) is 0 Å². The maximum absolute atomic E-state index is 12.8. The number of carboxylic acid groups (broad SMARTS) is 1. The van der Waals surface area contributed by atoms with E-state index in [9.17, 15) is 14.4 Å². The van der Waals surface area contributed by atoms with Crippen molar-refractivity contribution in [1.82, 2.24) is 0 Å². The summed E-state index contributed by atoms with van der Waals surface area (Å²) in [6, 6.07) is 20.1. The first-order chi connectivity index (χ1) is 15.9. The van der Waals surface area contributed by atoms with Crippen LogP contribution in [0.4, 0.5) is 11.4 Å². The molecule has 0 bridgehead atoms. The molecular weight excluding hydrogens is 420 g/mol. The molecule has 0 radical (unpaired) electrons. The maximum atomic E-state index is 12.8. The molecule has 0 saturated carbocycles. The highest BCUT2D eigenvalue weighted by Crippen LogP contribution is 2.28. The average Bonchev–Trinajstić information content (AvgIpc) is 2.83. The van der Waals surface area contributed by atoms with Gasteiger partial charge in [-0.3, -0.25) is 9.59 Å². The molecule has 3 aromatic rings. The molecule has 3 N–H and O–H groups in total. The van der Waals surface area contributed by atoms with Gasteiger partial charge in [-0.15, -0.1) is 0 Å². The van der Waals surface area contributed by atoms with Crippen molar-refractivity contribution < 1.29 is 24.2 Å². The summed E-state index contributed by atoms with van der Waals surface area (Å²) in [5.41, 5.74) is 2.01. The minimum atomic E-state index is -1.09. The molecular formula is C26H26N2O5. The lowest BCUT2D eigenvalue weighted by Crippen LogP contribution is -2.23. The molecule has 0 spiro atoms. The molecule has 0 aromatic heterocycles. The fourth-order valence-electron chi connectivity index (χ4n) is 3.29. The third kappa shape index (κ3) is 6.20. The Kier molecular flexibility index (Phi) is 7.81. The van der Waals surface area contributed by atoms with Crippen molar-refractivity contribution in [3.05, 3.63) is 89.5 Å². The summed E-state index contributed by atoms with van der Waals surface area (Å²) in [6.07, 6.45) is 0.949. The first-order valence-corrected chi connectivity index (χ1v) is 10.6. The quantitative estimate of drug-likeness (QED) is 0.421. The van der Waals surface area contributed by atoms with Gasteiger partial charge in [0.05, 0.1) is 16.8 Å². The highest BCUT2D eigenvalue weighted by molar-refractivity contribution is 6.10. The lowest BCUT2D eigenvalue weighted by molar-refractivity contribution is -0.118. The normalized spacial score (nSPS) is 11.3. The Hall–Kier alpha value is -4.13. The molecule has 1 atom stereocenters. The Morgan fingerprint density at radius 3 is 2.42 bits per heavy atom. The van der Waals surface area contributed by atoms with Gasteiger partial charge in [0.15, 0.2) is 6.61 Å². The summed E-state index contributed by atoms with van der Waals surface area (Å²) in [4.78, 5) is 36.5. The van der Waals surface area contributed by atoms with E-state index in [2.05, 4.69) is 24.5 Å². The van der Waals surface area contributed by atoms with E-state index in [4.69, 9.17) is 9.84 Å². The molecule has 7 nitrogen and oxygen atoms in total. The molecule has 2 amide bonds. The fraction of sp³-hybridized carbons (Fsp3) is 0.192. The second kappa shape index (κ2) is 10.9. The van der Waals surface area contributed by atoms with Crippen LogP contribution < -0.4 is 15.4 Å². The number of aromatic carboxylic acids is 1. The molecule has 0 heterocycles. The predicted octanol–water partition coefficient (Wildman–Crippen LogP) is 5.17. The third-order valence-electron chi connectivity index (χ3n) is 5.23. The van der Waals surface area contributed by atoms with Crippen LogP contribution in [-0.4, -0.2) is 29.5 Å². The summed E-state index contributed by atoms with van der Waals surface area (Å²) in [5.74, 6) is -1.01. The van der Waals surface area contributed by atoms with E-state index < -0.39 is 17.8 Å². The molecule has 0 saturated heterocycles.